The lowest BCUT2D eigenvalue weighted by Crippen LogP contribution is -2.29. The minimum absolute atomic E-state index is 0.00468. The Bertz CT molecular complexity index is 1240. The summed E-state index contributed by atoms with van der Waals surface area (Å²) in [6, 6.07) is 12.5. The highest BCUT2D eigenvalue weighted by atomic mass is 127. The maximum absolute atomic E-state index is 13.4. The summed E-state index contributed by atoms with van der Waals surface area (Å²) in [5, 5.41) is 14.0. The van der Waals surface area contributed by atoms with Gasteiger partial charge in [-0.15, -0.1) is 5.10 Å². The van der Waals surface area contributed by atoms with E-state index in [-0.39, 0.29) is 49.4 Å². The first kappa shape index (κ1) is 29.0. The Labute approximate surface area is 222 Å². The van der Waals surface area contributed by atoms with Gasteiger partial charge in [0.1, 0.15) is 17.3 Å². The molecule has 2 aromatic carbocycles. The molecule has 0 bridgehead atoms. The Morgan fingerprint density at radius 1 is 1.17 bits per heavy atom. The highest BCUT2D eigenvalue weighted by Gasteiger charge is 2.11. The average Bonchev–Trinajstić information content (AvgIpc) is 3.23. The summed E-state index contributed by atoms with van der Waals surface area (Å²) in [6.07, 6.45) is 0. The molecular formula is C24H28F2IN5O4. The van der Waals surface area contributed by atoms with Crippen molar-refractivity contribution in [2.24, 2.45) is 0 Å². The van der Waals surface area contributed by atoms with Crippen LogP contribution in [0.1, 0.15) is 37.0 Å². The van der Waals surface area contributed by atoms with Crippen molar-refractivity contribution in [3.63, 3.8) is 0 Å². The van der Waals surface area contributed by atoms with Gasteiger partial charge in [0.2, 0.25) is 0 Å². The third kappa shape index (κ3) is 10.2. The lowest BCUT2D eigenvalue weighted by Gasteiger charge is -2.06. The van der Waals surface area contributed by atoms with Crippen LogP contribution in [0.15, 0.2) is 53.3 Å². The summed E-state index contributed by atoms with van der Waals surface area (Å²) >= 11 is 1.96. The highest BCUT2D eigenvalue weighted by molar-refractivity contribution is 14.1. The molecule has 3 N–H and O–H groups in total. The summed E-state index contributed by atoms with van der Waals surface area (Å²) in [4.78, 5) is 36.3. The largest absolute Gasteiger partial charge is 0.461 e. The van der Waals surface area contributed by atoms with Gasteiger partial charge in [-0.1, -0.05) is 59.0 Å². The third-order valence-corrected chi connectivity index (χ3v) is 4.39. The van der Waals surface area contributed by atoms with E-state index in [1.165, 1.54) is 19.1 Å². The molecule has 0 radical (unpaired) electrons. The van der Waals surface area contributed by atoms with Crippen LogP contribution in [-0.4, -0.2) is 50.3 Å². The van der Waals surface area contributed by atoms with E-state index >= 15 is 0 Å². The van der Waals surface area contributed by atoms with Gasteiger partial charge in [-0.05, 0) is 24.0 Å². The molecule has 0 unspecified atom stereocenters. The van der Waals surface area contributed by atoms with Gasteiger partial charge in [-0.2, -0.15) is 0 Å². The molecule has 0 saturated heterocycles. The number of esters is 1. The van der Waals surface area contributed by atoms with Crippen molar-refractivity contribution < 1.29 is 24.5 Å². The average molecular weight is 616 g/mol. The van der Waals surface area contributed by atoms with Crippen LogP contribution in [-0.2, 0) is 22.6 Å². The molecule has 1 aromatic heterocycles. The molecule has 194 valence electrons. The molecule has 0 fully saturated rings. The van der Waals surface area contributed by atoms with Crippen LogP contribution < -0.4 is 11.0 Å². The van der Waals surface area contributed by atoms with Crippen molar-refractivity contribution in [1.82, 2.24) is 20.1 Å². The van der Waals surface area contributed by atoms with Gasteiger partial charge < -0.3 is 10.1 Å². The van der Waals surface area contributed by atoms with Crippen LogP contribution in [0.3, 0.4) is 0 Å². The van der Waals surface area contributed by atoms with Crippen molar-refractivity contribution in [1.29, 1.82) is 5.41 Å². The van der Waals surface area contributed by atoms with E-state index in [2.05, 4.69) is 20.1 Å². The zero-order valence-corrected chi connectivity index (χ0v) is 22.0. The zero-order chi connectivity index (χ0) is 27.8. The molecule has 3 aromatic rings. The Balaban J connectivity index is 0.000000335. The lowest BCUT2D eigenvalue weighted by atomic mass is 10.2. The SMILES string of the molecule is CC(=O)c1nn(Cc2ccccc2F)c(=O)[nH]1.CCOC(=O)C(=N)CNCc1ccccc1F.[2H]CI. The van der Waals surface area contributed by atoms with E-state index < -0.39 is 17.5 Å². The van der Waals surface area contributed by atoms with Crippen LogP contribution in [0.5, 0.6) is 0 Å². The molecular weight excluding hydrogens is 587 g/mol. The minimum Gasteiger partial charge on any atom is -0.461 e. The number of H-pyrrole nitrogens is 1. The van der Waals surface area contributed by atoms with Crippen LogP contribution in [0.25, 0.3) is 0 Å². The third-order valence-electron chi connectivity index (χ3n) is 4.39. The molecule has 0 saturated carbocycles. The zero-order valence-electron chi connectivity index (χ0n) is 20.8. The van der Waals surface area contributed by atoms with E-state index in [9.17, 15) is 23.2 Å². The van der Waals surface area contributed by atoms with Gasteiger partial charge in [0.05, 0.1) is 13.2 Å². The number of Topliss-reactive ketones (excluding diaryl/α,β-unsaturated/α-hetero) is 1. The number of nitrogens with zero attached hydrogens (tertiary/aromatic N) is 2. The van der Waals surface area contributed by atoms with Gasteiger partial charge in [0, 0.05) is 32.5 Å². The fourth-order valence-electron chi connectivity index (χ4n) is 2.66. The fourth-order valence-corrected chi connectivity index (χ4v) is 2.66. The van der Waals surface area contributed by atoms with Crippen molar-refractivity contribution in [3.8, 4) is 0 Å². The van der Waals surface area contributed by atoms with Gasteiger partial charge in [-0.25, -0.2) is 23.1 Å². The number of carbonyl (C=O) groups is 2. The lowest BCUT2D eigenvalue weighted by molar-refractivity contribution is -0.135. The van der Waals surface area contributed by atoms with E-state index in [1.54, 1.807) is 43.3 Å². The molecule has 3 rings (SSSR count). The van der Waals surface area contributed by atoms with Crippen molar-refractivity contribution >= 4 is 40.1 Å². The topological polar surface area (TPSA) is 130 Å². The summed E-state index contributed by atoms with van der Waals surface area (Å²) in [7, 11) is 0. The number of hydrogen-bond acceptors (Lipinski definition) is 7. The molecule has 0 spiro atoms. The van der Waals surface area contributed by atoms with Crippen molar-refractivity contribution in [3.05, 3.63) is 87.6 Å². The van der Waals surface area contributed by atoms with Crippen LogP contribution in [0.2, 0.25) is 0 Å². The number of alkyl halides is 1. The summed E-state index contributed by atoms with van der Waals surface area (Å²) in [5.74, 6) is -1.72. The first-order chi connectivity index (χ1) is 17.6. The number of carbonyl (C=O) groups excluding carboxylic acids is 2. The van der Waals surface area contributed by atoms with Gasteiger partial charge in [0.25, 0.3) is 0 Å². The number of aromatic amines is 1. The van der Waals surface area contributed by atoms with Crippen molar-refractivity contribution in [2.45, 2.75) is 26.9 Å². The predicted octanol–water partition coefficient (Wildman–Crippen LogP) is 3.51. The molecule has 0 aliphatic heterocycles. The molecule has 0 aliphatic rings. The number of ether oxygens (including phenoxy) is 1. The maximum Gasteiger partial charge on any atom is 0.353 e. The van der Waals surface area contributed by atoms with Gasteiger partial charge in [-0.3, -0.25) is 15.2 Å². The van der Waals surface area contributed by atoms with E-state index in [0.717, 1.165) is 4.68 Å². The standard InChI is InChI=1S/C12H15FN2O2.C11H10FN3O2.CH3I/c1-2-17-12(16)11(14)8-15-7-9-5-3-4-6-10(9)13;1-7(16)10-13-11(17)15(14-10)6-8-4-2-3-5-9(8)12;1-2/h3-6,14-15H,2,7-8H2,1H3;2-5H,6H2,1H3,(H,13,14,17);1H3/i;;1D. The van der Waals surface area contributed by atoms with E-state index in [1.807, 2.05) is 22.6 Å². The smallest absolute Gasteiger partial charge is 0.353 e. The van der Waals surface area contributed by atoms with E-state index in [0.29, 0.717) is 16.0 Å². The van der Waals surface area contributed by atoms with Crippen LogP contribution in [0, 0.1) is 17.0 Å². The van der Waals surface area contributed by atoms with Crippen LogP contribution >= 0.6 is 22.6 Å². The quantitative estimate of drug-likeness (QED) is 0.111. The number of aromatic nitrogens is 3. The molecule has 0 amide bonds. The first-order valence-electron chi connectivity index (χ1n) is 11.3. The molecule has 0 aliphatic carbocycles. The maximum atomic E-state index is 13.4. The van der Waals surface area contributed by atoms with E-state index in [4.69, 9.17) is 6.78 Å². The minimum atomic E-state index is -0.645. The Kier molecular flexibility index (Phi) is 13.2. The molecule has 1 heterocycles. The summed E-state index contributed by atoms with van der Waals surface area (Å²) < 4.78 is 38.4. The van der Waals surface area contributed by atoms with Gasteiger partial charge >= 0.3 is 11.7 Å². The fraction of sp³-hybridized carbons (Fsp3) is 0.292. The molecule has 9 nitrogen and oxygen atoms in total. The Hall–Kier alpha value is -3.26. The number of benzene rings is 2. The highest BCUT2D eigenvalue weighted by Crippen LogP contribution is 2.07. The Morgan fingerprint density at radius 3 is 2.22 bits per heavy atom. The number of hydrogen-bond donors (Lipinski definition) is 3. The first-order valence-corrected chi connectivity index (χ1v) is 12.1. The van der Waals surface area contributed by atoms with Gasteiger partial charge in [0.15, 0.2) is 11.6 Å². The summed E-state index contributed by atoms with van der Waals surface area (Å²) in [5.41, 5.74) is 0.155. The second-order valence-corrected chi connectivity index (χ2v) is 6.98. The second-order valence-electron chi connectivity index (χ2n) is 6.98. The number of nitrogens with one attached hydrogen (secondary N) is 3. The normalized spacial score (nSPS) is 10.2. The number of halogens is 3. The number of rotatable bonds is 9. The number of ketones is 1. The predicted molar refractivity (Wildman–Crippen MR) is 141 cm³/mol. The molecule has 12 heteroatoms. The Morgan fingerprint density at radius 2 is 1.72 bits per heavy atom. The molecule has 0 atom stereocenters. The monoisotopic (exact) mass is 616 g/mol. The van der Waals surface area contributed by atoms with Crippen molar-refractivity contribution in [2.75, 3.05) is 18.1 Å². The van der Waals surface area contributed by atoms with Crippen LogP contribution in [0.4, 0.5) is 8.78 Å². The molecule has 36 heavy (non-hydrogen) atoms. The second kappa shape index (κ2) is 16.4. The summed E-state index contributed by atoms with van der Waals surface area (Å²) in [6.45, 7) is 3.55.